The smallest absolute Gasteiger partial charge is 0.233 e. The second-order valence-electron chi connectivity index (χ2n) is 7.09. The molecule has 1 heterocycles. The first-order valence-corrected chi connectivity index (χ1v) is 8.00. The number of ether oxygens (including phenoxy) is 1. The number of carbonyl (C=O) groups excluding carboxylic acids is 1. The first-order valence-electron chi connectivity index (χ1n) is 8.00. The van der Waals surface area contributed by atoms with Gasteiger partial charge in [0.05, 0.1) is 5.41 Å². The molecule has 0 bridgehead atoms. The quantitative estimate of drug-likeness (QED) is 0.907. The highest BCUT2D eigenvalue weighted by Gasteiger charge is 2.43. The van der Waals surface area contributed by atoms with Crippen molar-refractivity contribution in [2.45, 2.75) is 32.1 Å². The topological polar surface area (TPSA) is 55.6 Å². The summed E-state index contributed by atoms with van der Waals surface area (Å²) in [6.45, 7) is 6.68. The van der Waals surface area contributed by atoms with E-state index in [0.717, 1.165) is 18.4 Å². The maximum absolute atomic E-state index is 13.2. The Balaban J connectivity index is 2.28. The average molecular weight is 304 g/mol. The molecule has 4 nitrogen and oxygen atoms in total. The number of amides is 1. The second-order valence-corrected chi connectivity index (χ2v) is 7.09. The van der Waals surface area contributed by atoms with Crippen molar-refractivity contribution in [1.82, 2.24) is 4.90 Å². The van der Waals surface area contributed by atoms with Crippen molar-refractivity contribution >= 4 is 5.91 Å². The van der Waals surface area contributed by atoms with Crippen LogP contribution in [0, 0.1) is 5.41 Å². The van der Waals surface area contributed by atoms with Crippen LogP contribution >= 0.6 is 0 Å². The van der Waals surface area contributed by atoms with E-state index in [1.54, 1.807) is 0 Å². The molecule has 122 valence electrons. The van der Waals surface area contributed by atoms with E-state index in [1.165, 1.54) is 0 Å². The summed E-state index contributed by atoms with van der Waals surface area (Å²) in [4.78, 5) is 15.1. The van der Waals surface area contributed by atoms with Gasteiger partial charge < -0.3 is 15.4 Å². The van der Waals surface area contributed by atoms with Gasteiger partial charge in [-0.3, -0.25) is 4.79 Å². The highest BCUT2D eigenvalue weighted by molar-refractivity contribution is 5.88. The Hall–Kier alpha value is -1.39. The monoisotopic (exact) mass is 304 g/mol. The van der Waals surface area contributed by atoms with Crippen molar-refractivity contribution in [3.8, 4) is 0 Å². The average Bonchev–Trinajstić information content (AvgIpc) is 2.55. The van der Waals surface area contributed by atoms with Gasteiger partial charge in [0, 0.05) is 26.8 Å². The number of rotatable bonds is 5. The molecule has 0 radical (unpaired) electrons. The third kappa shape index (κ3) is 3.50. The van der Waals surface area contributed by atoms with E-state index in [9.17, 15) is 4.79 Å². The second kappa shape index (κ2) is 6.80. The third-order valence-corrected chi connectivity index (χ3v) is 4.65. The Kier molecular flexibility index (Phi) is 5.24. The van der Waals surface area contributed by atoms with Gasteiger partial charge in [-0.1, -0.05) is 44.2 Å². The molecule has 4 heteroatoms. The maximum Gasteiger partial charge on any atom is 0.233 e. The van der Waals surface area contributed by atoms with Crippen LogP contribution in [0.5, 0.6) is 0 Å². The molecule has 1 aliphatic heterocycles. The molecular weight excluding hydrogens is 276 g/mol. The zero-order valence-electron chi connectivity index (χ0n) is 14.0. The summed E-state index contributed by atoms with van der Waals surface area (Å²) in [5.41, 5.74) is 6.38. The summed E-state index contributed by atoms with van der Waals surface area (Å²) in [6.07, 6.45) is 1.48. The van der Waals surface area contributed by atoms with Crippen molar-refractivity contribution in [1.29, 1.82) is 0 Å². The molecule has 0 spiro atoms. The fourth-order valence-corrected chi connectivity index (χ4v) is 3.25. The minimum absolute atomic E-state index is 0.0759. The van der Waals surface area contributed by atoms with Crippen LogP contribution < -0.4 is 5.73 Å². The zero-order valence-corrected chi connectivity index (χ0v) is 14.0. The van der Waals surface area contributed by atoms with Gasteiger partial charge in [0.15, 0.2) is 0 Å². The number of nitrogens with two attached hydrogens (primary N) is 1. The Bertz CT molecular complexity index is 493. The van der Waals surface area contributed by atoms with Crippen LogP contribution in [-0.4, -0.2) is 44.2 Å². The standard InChI is InChI=1S/C18H28N2O2/c1-17(2,13-19)14-20(3)16(21)18(9-11-22-12-10-18)15-7-5-4-6-8-15/h4-8H,9-14,19H2,1-3H3. The van der Waals surface area contributed by atoms with E-state index >= 15 is 0 Å². The molecule has 0 saturated carbocycles. The SMILES string of the molecule is CN(CC(C)(C)CN)C(=O)C1(c2ccccc2)CCOCC1. The molecule has 2 N–H and O–H groups in total. The van der Waals surface area contributed by atoms with E-state index < -0.39 is 5.41 Å². The van der Waals surface area contributed by atoms with Gasteiger partial charge in [-0.05, 0) is 30.4 Å². The van der Waals surface area contributed by atoms with E-state index in [-0.39, 0.29) is 11.3 Å². The molecule has 0 atom stereocenters. The van der Waals surface area contributed by atoms with Crippen molar-refractivity contribution in [3.05, 3.63) is 35.9 Å². The highest BCUT2D eigenvalue weighted by Crippen LogP contribution is 2.37. The van der Waals surface area contributed by atoms with Gasteiger partial charge in [-0.15, -0.1) is 0 Å². The highest BCUT2D eigenvalue weighted by atomic mass is 16.5. The first-order chi connectivity index (χ1) is 10.4. The minimum Gasteiger partial charge on any atom is -0.381 e. The first kappa shape index (κ1) is 17.0. The van der Waals surface area contributed by atoms with Crippen LogP contribution in [0.15, 0.2) is 30.3 Å². The Morgan fingerprint density at radius 1 is 1.27 bits per heavy atom. The van der Waals surface area contributed by atoms with Crippen molar-refractivity contribution in [3.63, 3.8) is 0 Å². The predicted molar refractivity (Wildman–Crippen MR) is 88.6 cm³/mol. The minimum atomic E-state index is -0.459. The predicted octanol–water partition coefficient (Wildman–Crippen LogP) is 2.18. The molecule has 1 aromatic carbocycles. The van der Waals surface area contributed by atoms with Crippen molar-refractivity contribution < 1.29 is 9.53 Å². The molecule has 0 aromatic heterocycles. The van der Waals surface area contributed by atoms with Gasteiger partial charge >= 0.3 is 0 Å². The lowest BCUT2D eigenvalue weighted by Gasteiger charge is -2.41. The number of carbonyl (C=O) groups is 1. The van der Waals surface area contributed by atoms with Crippen LogP contribution in [-0.2, 0) is 14.9 Å². The molecule has 1 fully saturated rings. The summed E-state index contributed by atoms with van der Waals surface area (Å²) in [5, 5.41) is 0. The zero-order chi connectivity index (χ0) is 16.2. The summed E-state index contributed by atoms with van der Waals surface area (Å²) in [6, 6.07) is 10.1. The molecular formula is C18H28N2O2. The number of nitrogens with zero attached hydrogens (tertiary/aromatic N) is 1. The summed E-state index contributed by atoms with van der Waals surface area (Å²) in [5.74, 6) is 0.184. The number of benzene rings is 1. The molecule has 0 aliphatic carbocycles. The molecule has 1 amide bonds. The Morgan fingerprint density at radius 2 is 1.86 bits per heavy atom. The molecule has 22 heavy (non-hydrogen) atoms. The van der Waals surface area contributed by atoms with E-state index in [2.05, 4.69) is 26.0 Å². The fraction of sp³-hybridized carbons (Fsp3) is 0.611. The van der Waals surface area contributed by atoms with Crippen LogP contribution in [0.3, 0.4) is 0 Å². The third-order valence-electron chi connectivity index (χ3n) is 4.65. The van der Waals surface area contributed by atoms with Crippen LogP contribution in [0.1, 0.15) is 32.3 Å². The van der Waals surface area contributed by atoms with E-state index in [1.807, 2.05) is 30.1 Å². The van der Waals surface area contributed by atoms with Gasteiger partial charge in [0.1, 0.15) is 0 Å². The number of hydrogen-bond donors (Lipinski definition) is 1. The fourth-order valence-electron chi connectivity index (χ4n) is 3.25. The summed E-state index contributed by atoms with van der Waals surface area (Å²) in [7, 11) is 1.89. The lowest BCUT2D eigenvalue weighted by molar-refractivity contribution is -0.141. The van der Waals surface area contributed by atoms with Gasteiger partial charge in [0.25, 0.3) is 0 Å². The Labute approximate surface area is 133 Å². The summed E-state index contributed by atoms with van der Waals surface area (Å²) >= 11 is 0. The number of likely N-dealkylation sites (N-methyl/N-ethyl adjacent to an activating group) is 1. The Morgan fingerprint density at radius 3 is 2.41 bits per heavy atom. The molecule has 1 saturated heterocycles. The lowest BCUT2D eigenvalue weighted by atomic mass is 9.72. The van der Waals surface area contributed by atoms with Gasteiger partial charge in [-0.25, -0.2) is 0 Å². The summed E-state index contributed by atoms with van der Waals surface area (Å²) < 4.78 is 5.51. The lowest BCUT2D eigenvalue weighted by Crippen LogP contribution is -2.51. The molecule has 2 rings (SSSR count). The van der Waals surface area contributed by atoms with Crippen LogP contribution in [0.25, 0.3) is 0 Å². The number of hydrogen-bond acceptors (Lipinski definition) is 3. The van der Waals surface area contributed by atoms with Gasteiger partial charge in [0.2, 0.25) is 5.91 Å². The molecule has 1 aliphatic rings. The maximum atomic E-state index is 13.2. The molecule has 1 aromatic rings. The molecule has 0 unspecified atom stereocenters. The largest absolute Gasteiger partial charge is 0.381 e. The normalized spacial score (nSPS) is 18.0. The van der Waals surface area contributed by atoms with Crippen molar-refractivity contribution in [2.75, 3.05) is 33.4 Å². The van der Waals surface area contributed by atoms with E-state index in [4.69, 9.17) is 10.5 Å². The van der Waals surface area contributed by atoms with Crippen molar-refractivity contribution in [2.24, 2.45) is 11.1 Å². The van der Waals surface area contributed by atoms with E-state index in [0.29, 0.717) is 26.3 Å². The van der Waals surface area contributed by atoms with Gasteiger partial charge in [-0.2, -0.15) is 0 Å². The van der Waals surface area contributed by atoms with Crippen LogP contribution in [0.2, 0.25) is 0 Å². The van der Waals surface area contributed by atoms with Crippen LogP contribution in [0.4, 0.5) is 0 Å².